The Balaban J connectivity index is 1.85. The average Bonchev–Trinajstić information content (AvgIpc) is 3.17. The van der Waals surface area contributed by atoms with Gasteiger partial charge in [0.1, 0.15) is 0 Å². The van der Waals surface area contributed by atoms with Crippen LogP contribution < -0.4 is 21.9 Å². The summed E-state index contributed by atoms with van der Waals surface area (Å²) in [4.78, 5) is 33.6. The Morgan fingerprint density at radius 3 is 2.62 bits per heavy atom. The Morgan fingerprint density at radius 1 is 1.19 bits per heavy atom. The fraction of sp³-hybridized carbons (Fsp3) is 0.458. The van der Waals surface area contributed by atoms with Gasteiger partial charge in [0.05, 0.1) is 0 Å². The second-order valence-electron chi connectivity index (χ2n) is 8.86. The van der Waals surface area contributed by atoms with Gasteiger partial charge in [0, 0.05) is 39.3 Å². The molecule has 0 amide bonds. The Labute approximate surface area is 187 Å². The fourth-order valence-electron chi connectivity index (χ4n) is 4.32. The van der Waals surface area contributed by atoms with Crippen molar-refractivity contribution >= 4 is 17.1 Å². The number of allylic oxidation sites excluding steroid dienone is 2. The molecule has 170 valence electrons. The number of fused-ring (bicyclic) bond motifs is 1. The Bertz CT molecular complexity index is 1250. The lowest BCUT2D eigenvalue weighted by molar-refractivity contribution is 0.495. The van der Waals surface area contributed by atoms with Crippen LogP contribution in [-0.2, 0) is 26.6 Å². The van der Waals surface area contributed by atoms with E-state index in [9.17, 15) is 9.59 Å². The summed E-state index contributed by atoms with van der Waals surface area (Å²) in [6.07, 6.45) is 4.65. The van der Waals surface area contributed by atoms with E-state index in [4.69, 9.17) is 10.7 Å². The molecule has 1 fully saturated rings. The number of hydrogen-bond acceptors (Lipinski definition) is 5. The molecule has 3 heterocycles. The van der Waals surface area contributed by atoms with Crippen molar-refractivity contribution in [3.8, 4) is 0 Å². The van der Waals surface area contributed by atoms with Crippen LogP contribution in [-0.4, -0.2) is 37.8 Å². The highest BCUT2D eigenvalue weighted by Crippen LogP contribution is 2.23. The molecule has 0 bridgehead atoms. The highest BCUT2D eigenvalue weighted by molar-refractivity contribution is 5.74. The number of benzene rings is 1. The van der Waals surface area contributed by atoms with Crippen LogP contribution in [0.25, 0.3) is 11.2 Å². The van der Waals surface area contributed by atoms with Crippen LogP contribution in [0.5, 0.6) is 0 Å². The standard InChI is InChI=1S/C24H32N6O2/c1-17(2)11-14-29-20-21(26-23(29)28-13-7-10-19(25)16-28)27(3)24(32)30(22(20)31)15-12-18-8-5-4-6-9-18/h4-6,8-9,11,19H,7,10,12-16,25H2,1-3H3/t19-/m0/s1. The van der Waals surface area contributed by atoms with Gasteiger partial charge in [-0.1, -0.05) is 42.0 Å². The highest BCUT2D eigenvalue weighted by atomic mass is 16.2. The second kappa shape index (κ2) is 9.16. The van der Waals surface area contributed by atoms with E-state index in [1.807, 2.05) is 48.7 Å². The van der Waals surface area contributed by atoms with E-state index in [0.29, 0.717) is 43.2 Å². The van der Waals surface area contributed by atoms with Crippen LogP contribution in [0, 0.1) is 0 Å². The summed E-state index contributed by atoms with van der Waals surface area (Å²) in [7, 11) is 1.69. The molecule has 32 heavy (non-hydrogen) atoms. The molecule has 1 aliphatic rings. The SMILES string of the molecule is CC(C)=CCn1c(N2CCC[C@H](N)C2)nc2c1c(=O)n(CCc1ccccc1)c(=O)n2C. The molecule has 0 unspecified atom stereocenters. The molecule has 2 aromatic heterocycles. The maximum Gasteiger partial charge on any atom is 0.332 e. The summed E-state index contributed by atoms with van der Waals surface area (Å²) in [6, 6.07) is 9.96. The molecule has 4 rings (SSSR count). The highest BCUT2D eigenvalue weighted by Gasteiger charge is 2.26. The van der Waals surface area contributed by atoms with E-state index in [0.717, 1.165) is 30.5 Å². The van der Waals surface area contributed by atoms with Gasteiger partial charge in [-0.3, -0.25) is 13.9 Å². The van der Waals surface area contributed by atoms with Crippen molar-refractivity contribution in [2.75, 3.05) is 18.0 Å². The summed E-state index contributed by atoms with van der Waals surface area (Å²) >= 11 is 0. The maximum absolute atomic E-state index is 13.6. The van der Waals surface area contributed by atoms with Gasteiger partial charge in [-0.2, -0.15) is 4.98 Å². The van der Waals surface area contributed by atoms with Crippen LogP contribution in [0.4, 0.5) is 5.95 Å². The first-order chi connectivity index (χ1) is 15.4. The van der Waals surface area contributed by atoms with Gasteiger partial charge < -0.3 is 15.2 Å². The molecular formula is C24H32N6O2. The normalized spacial score (nSPS) is 16.5. The van der Waals surface area contributed by atoms with Crippen molar-refractivity contribution in [2.24, 2.45) is 12.8 Å². The number of rotatable bonds is 6. The summed E-state index contributed by atoms with van der Waals surface area (Å²) < 4.78 is 4.77. The Hall–Kier alpha value is -3.13. The second-order valence-corrected chi connectivity index (χ2v) is 8.86. The Kier molecular flexibility index (Phi) is 6.32. The molecule has 2 N–H and O–H groups in total. The van der Waals surface area contributed by atoms with Gasteiger partial charge in [-0.15, -0.1) is 0 Å². The molecule has 1 atom stereocenters. The van der Waals surface area contributed by atoms with Gasteiger partial charge in [-0.25, -0.2) is 4.79 Å². The number of anilines is 1. The molecule has 0 aliphatic carbocycles. The van der Waals surface area contributed by atoms with E-state index in [2.05, 4.69) is 11.0 Å². The molecule has 3 aromatic rings. The summed E-state index contributed by atoms with van der Waals surface area (Å²) in [5.74, 6) is 0.709. The molecule has 1 saturated heterocycles. The molecule has 0 saturated carbocycles. The lowest BCUT2D eigenvalue weighted by Gasteiger charge is -2.31. The van der Waals surface area contributed by atoms with Gasteiger partial charge >= 0.3 is 5.69 Å². The maximum atomic E-state index is 13.6. The topological polar surface area (TPSA) is 91.1 Å². The molecule has 1 aromatic carbocycles. The predicted octanol–water partition coefficient (Wildman–Crippen LogP) is 2.03. The third-order valence-corrected chi connectivity index (χ3v) is 6.10. The number of aryl methyl sites for hydroxylation is 2. The van der Waals surface area contributed by atoms with Crippen molar-refractivity contribution in [3.05, 3.63) is 68.4 Å². The molecular weight excluding hydrogens is 404 g/mol. The van der Waals surface area contributed by atoms with Crippen molar-refractivity contribution < 1.29 is 0 Å². The van der Waals surface area contributed by atoms with Crippen molar-refractivity contribution in [2.45, 2.75) is 52.2 Å². The smallest absolute Gasteiger partial charge is 0.332 e. The van der Waals surface area contributed by atoms with Crippen molar-refractivity contribution in [1.82, 2.24) is 18.7 Å². The van der Waals surface area contributed by atoms with E-state index in [1.54, 1.807) is 7.05 Å². The lowest BCUT2D eigenvalue weighted by Crippen LogP contribution is -2.44. The minimum absolute atomic E-state index is 0.0758. The van der Waals surface area contributed by atoms with Crippen LogP contribution in [0.15, 0.2) is 51.6 Å². The molecule has 1 aliphatic heterocycles. The predicted molar refractivity (Wildman–Crippen MR) is 128 cm³/mol. The van der Waals surface area contributed by atoms with Crippen LogP contribution in [0.2, 0.25) is 0 Å². The number of hydrogen-bond donors (Lipinski definition) is 1. The number of nitrogens with zero attached hydrogens (tertiary/aromatic N) is 5. The zero-order valence-corrected chi connectivity index (χ0v) is 19.1. The largest absolute Gasteiger partial charge is 0.341 e. The molecule has 8 heteroatoms. The van der Waals surface area contributed by atoms with Gasteiger partial charge in [0.2, 0.25) is 5.95 Å². The number of nitrogens with two attached hydrogens (primary N) is 1. The lowest BCUT2D eigenvalue weighted by atomic mass is 10.1. The summed E-state index contributed by atoms with van der Waals surface area (Å²) in [5.41, 5.74) is 8.72. The van der Waals surface area contributed by atoms with Gasteiger partial charge in [-0.05, 0) is 38.7 Å². The first-order valence-electron chi connectivity index (χ1n) is 11.2. The minimum Gasteiger partial charge on any atom is -0.341 e. The first-order valence-corrected chi connectivity index (χ1v) is 11.2. The molecule has 0 spiro atoms. The van der Waals surface area contributed by atoms with Crippen LogP contribution >= 0.6 is 0 Å². The average molecular weight is 437 g/mol. The molecule has 8 nitrogen and oxygen atoms in total. The summed E-state index contributed by atoms with van der Waals surface area (Å²) in [5, 5.41) is 0. The van der Waals surface area contributed by atoms with Crippen molar-refractivity contribution in [3.63, 3.8) is 0 Å². The van der Waals surface area contributed by atoms with Gasteiger partial charge in [0.25, 0.3) is 5.56 Å². The number of piperidine rings is 1. The minimum atomic E-state index is -0.341. The van der Waals surface area contributed by atoms with Crippen molar-refractivity contribution in [1.29, 1.82) is 0 Å². The summed E-state index contributed by atoms with van der Waals surface area (Å²) in [6.45, 7) is 6.43. The Morgan fingerprint density at radius 2 is 1.94 bits per heavy atom. The zero-order chi connectivity index (χ0) is 22.8. The third kappa shape index (κ3) is 4.27. The monoisotopic (exact) mass is 436 g/mol. The van der Waals surface area contributed by atoms with Crippen LogP contribution in [0.1, 0.15) is 32.3 Å². The van der Waals surface area contributed by atoms with E-state index >= 15 is 0 Å². The van der Waals surface area contributed by atoms with E-state index in [-0.39, 0.29) is 17.3 Å². The number of imidazole rings is 1. The zero-order valence-electron chi connectivity index (χ0n) is 19.1. The van der Waals surface area contributed by atoms with Crippen LogP contribution in [0.3, 0.4) is 0 Å². The third-order valence-electron chi connectivity index (χ3n) is 6.10. The van der Waals surface area contributed by atoms with E-state index in [1.165, 1.54) is 9.13 Å². The van der Waals surface area contributed by atoms with Gasteiger partial charge in [0.15, 0.2) is 11.2 Å². The van der Waals surface area contributed by atoms with E-state index < -0.39 is 0 Å². The quantitative estimate of drug-likeness (QED) is 0.597. The molecule has 0 radical (unpaired) electrons. The first kappa shape index (κ1) is 22.1. The fourth-order valence-corrected chi connectivity index (χ4v) is 4.32. The number of aromatic nitrogens is 4.